The van der Waals surface area contributed by atoms with Crippen LogP contribution >= 0.6 is 0 Å². The maximum Gasteiger partial charge on any atom is 0.280 e. The molecule has 9 nitrogen and oxygen atoms in total. The molecular weight excluding hydrogens is 254 g/mol. The number of hydrazone groups is 1. The zero-order chi connectivity index (χ0) is 14.4. The number of carbonyl (C=O) groups is 1. The van der Waals surface area contributed by atoms with Gasteiger partial charge in [-0.3, -0.25) is 20.3 Å². The van der Waals surface area contributed by atoms with Crippen LogP contribution in [0, 0.1) is 21.4 Å². The van der Waals surface area contributed by atoms with Crippen LogP contribution in [-0.4, -0.2) is 23.7 Å². The number of hydrogen-bond acceptors (Lipinski definition) is 7. The molecule has 1 amide bonds. The maximum atomic E-state index is 10.8. The van der Waals surface area contributed by atoms with Gasteiger partial charge in [-0.15, -0.1) is 0 Å². The Hall–Kier alpha value is -3.15. The predicted molar refractivity (Wildman–Crippen MR) is 65.5 cm³/mol. The molecule has 0 aromatic heterocycles. The minimum absolute atomic E-state index is 0.130. The van der Waals surface area contributed by atoms with Crippen LogP contribution in [0.1, 0.15) is 0 Å². The fraction of sp³-hybridized carbons (Fsp3) is 0.100. The summed E-state index contributed by atoms with van der Waals surface area (Å²) in [4.78, 5) is 20.8. The highest BCUT2D eigenvalue weighted by Gasteiger charge is 2.12. The van der Waals surface area contributed by atoms with Gasteiger partial charge < -0.3 is 10.5 Å². The van der Waals surface area contributed by atoms with Gasteiger partial charge in [0, 0.05) is 12.1 Å². The molecule has 0 fully saturated rings. The van der Waals surface area contributed by atoms with Crippen molar-refractivity contribution in [1.29, 1.82) is 5.26 Å². The van der Waals surface area contributed by atoms with Crippen molar-refractivity contribution in [2.24, 2.45) is 10.8 Å². The summed E-state index contributed by atoms with van der Waals surface area (Å²) in [5, 5.41) is 22.7. The largest absolute Gasteiger partial charge is 0.495 e. The van der Waals surface area contributed by atoms with Crippen LogP contribution in [0.3, 0.4) is 0 Å². The van der Waals surface area contributed by atoms with E-state index in [2.05, 4.69) is 10.5 Å². The summed E-state index contributed by atoms with van der Waals surface area (Å²) in [5.74, 6) is -0.754. The molecule has 3 N–H and O–H groups in total. The quantitative estimate of drug-likeness (QED) is 0.446. The van der Waals surface area contributed by atoms with E-state index in [1.165, 1.54) is 25.3 Å². The number of rotatable bonds is 5. The van der Waals surface area contributed by atoms with Crippen molar-refractivity contribution < 1.29 is 14.5 Å². The molecule has 98 valence electrons. The fourth-order valence-electron chi connectivity index (χ4n) is 1.15. The number of methoxy groups -OCH3 is 1. The summed E-state index contributed by atoms with van der Waals surface area (Å²) in [6, 6.07) is 5.23. The summed E-state index contributed by atoms with van der Waals surface area (Å²) < 4.78 is 4.95. The molecule has 1 aromatic carbocycles. The zero-order valence-electron chi connectivity index (χ0n) is 9.78. The molecule has 0 aliphatic heterocycles. The Balaban J connectivity index is 3.12. The number of carbonyl (C=O) groups excluding carboxylic acids is 1. The molecule has 0 atom stereocenters. The average molecular weight is 263 g/mol. The van der Waals surface area contributed by atoms with Crippen LogP contribution < -0.4 is 15.9 Å². The maximum absolute atomic E-state index is 10.8. The topological polar surface area (TPSA) is 144 Å². The van der Waals surface area contributed by atoms with Gasteiger partial charge in [0.05, 0.1) is 12.0 Å². The summed E-state index contributed by atoms with van der Waals surface area (Å²) in [6.07, 6.45) is 0. The van der Waals surface area contributed by atoms with E-state index in [-0.39, 0.29) is 17.1 Å². The SMILES string of the molecule is COc1ccc([N+](=O)[O-])cc1N/N=C(/C#N)C(N)=O. The molecule has 0 saturated heterocycles. The monoisotopic (exact) mass is 263 g/mol. The molecule has 0 aliphatic rings. The van der Waals surface area contributed by atoms with Gasteiger partial charge in [0.15, 0.2) is 0 Å². The van der Waals surface area contributed by atoms with Crippen LogP contribution in [0.25, 0.3) is 0 Å². The lowest BCUT2D eigenvalue weighted by Gasteiger charge is -2.07. The molecule has 19 heavy (non-hydrogen) atoms. The first-order valence-corrected chi connectivity index (χ1v) is 4.85. The molecule has 1 rings (SSSR count). The lowest BCUT2D eigenvalue weighted by atomic mass is 10.2. The number of amides is 1. The highest BCUT2D eigenvalue weighted by Crippen LogP contribution is 2.28. The van der Waals surface area contributed by atoms with E-state index in [4.69, 9.17) is 15.7 Å². The summed E-state index contributed by atoms with van der Waals surface area (Å²) in [6.45, 7) is 0. The van der Waals surface area contributed by atoms with E-state index in [1.54, 1.807) is 0 Å². The molecule has 1 aromatic rings. The lowest BCUT2D eigenvalue weighted by Crippen LogP contribution is -2.22. The Kier molecular flexibility index (Phi) is 4.37. The first-order valence-electron chi connectivity index (χ1n) is 4.85. The first kappa shape index (κ1) is 13.9. The van der Waals surface area contributed by atoms with Gasteiger partial charge in [0.1, 0.15) is 17.5 Å². The van der Waals surface area contributed by atoms with Crippen LogP contribution in [0.4, 0.5) is 11.4 Å². The number of nitro benzene ring substituents is 1. The number of nitrogens with two attached hydrogens (primary N) is 1. The van der Waals surface area contributed by atoms with Crippen molar-refractivity contribution in [2.75, 3.05) is 12.5 Å². The number of ether oxygens (including phenoxy) is 1. The van der Waals surface area contributed by atoms with E-state index in [0.717, 1.165) is 6.07 Å². The van der Waals surface area contributed by atoms with Crippen molar-refractivity contribution in [2.45, 2.75) is 0 Å². The zero-order valence-corrected chi connectivity index (χ0v) is 9.78. The van der Waals surface area contributed by atoms with Gasteiger partial charge in [-0.25, -0.2) is 0 Å². The normalized spacial score (nSPS) is 10.4. The van der Waals surface area contributed by atoms with Crippen LogP contribution in [0.2, 0.25) is 0 Å². The van der Waals surface area contributed by atoms with Gasteiger partial charge in [0.2, 0.25) is 5.71 Å². The molecule has 0 radical (unpaired) electrons. The molecule has 0 bridgehead atoms. The fourth-order valence-corrected chi connectivity index (χ4v) is 1.15. The van der Waals surface area contributed by atoms with E-state index in [9.17, 15) is 14.9 Å². The third kappa shape index (κ3) is 3.40. The first-order chi connectivity index (χ1) is 8.99. The number of anilines is 1. The molecule has 0 heterocycles. The Bertz CT molecular complexity index is 590. The summed E-state index contributed by atoms with van der Waals surface area (Å²) in [7, 11) is 1.36. The Morgan fingerprint density at radius 3 is 2.79 bits per heavy atom. The number of primary amides is 1. The Labute approximate surface area is 107 Å². The average Bonchev–Trinajstić information content (AvgIpc) is 2.38. The van der Waals surface area contributed by atoms with Gasteiger partial charge in [-0.2, -0.15) is 10.4 Å². The van der Waals surface area contributed by atoms with Gasteiger partial charge in [0.25, 0.3) is 11.6 Å². The number of nitrogens with zero attached hydrogens (tertiary/aromatic N) is 3. The lowest BCUT2D eigenvalue weighted by molar-refractivity contribution is -0.384. The van der Waals surface area contributed by atoms with Crippen molar-refractivity contribution >= 4 is 23.0 Å². The molecule has 0 unspecified atom stereocenters. The third-order valence-corrected chi connectivity index (χ3v) is 2.02. The molecule has 0 spiro atoms. The predicted octanol–water partition coefficient (Wildman–Crippen LogP) is 0.380. The van der Waals surface area contributed by atoms with Crippen molar-refractivity contribution in [3.8, 4) is 11.8 Å². The second kappa shape index (κ2) is 5.97. The number of non-ortho nitro benzene ring substituents is 1. The van der Waals surface area contributed by atoms with Crippen LogP contribution in [-0.2, 0) is 4.79 Å². The van der Waals surface area contributed by atoms with E-state index < -0.39 is 16.5 Å². The molecule has 0 aliphatic carbocycles. The van der Waals surface area contributed by atoms with Crippen LogP contribution in [0.5, 0.6) is 5.75 Å². The van der Waals surface area contributed by atoms with Crippen molar-refractivity contribution in [3.05, 3.63) is 28.3 Å². The minimum atomic E-state index is -1.01. The van der Waals surface area contributed by atoms with Gasteiger partial charge in [-0.05, 0) is 6.07 Å². The number of nitrogens with one attached hydrogen (secondary N) is 1. The number of benzene rings is 1. The summed E-state index contributed by atoms with van der Waals surface area (Å²) in [5.41, 5.74) is 6.59. The van der Waals surface area contributed by atoms with E-state index in [0.29, 0.717) is 0 Å². The standard InChI is InChI=1S/C10H9N5O4/c1-19-9-3-2-6(15(17)18)4-7(9)13-14-8(5-11)10(12)16/h2-4,13H,1H3,(H2,12,16)/b14-8-. The number of nitriles is 1. The van der Waals surface area contributed by atoms with Gasteiger partial charge >= 0.3 is 0 Å². The van der Waals surface area contributed by atoms with E-state index >= 15 is 0 Å². The number of hydrogen-bond donors (Lipinski definition) is 2. The number of nitro groups is 1. The van der Waals surface area contributed by atoms with Crippen LogP contribution in [0.15, 0.2) is 23.3 Å². The molecule has 9 heteroatoms. The van der Waals surface area contributed by atoms with E-state index in [1.807, 2.05) is 0 Å². The molecule has 0 saturated carbocycles. The van der Waals surface area contributed by atoms with Crippen molar-refractivity contribution in [3.63, 3.8) is 0 Å². The third-order valence-electron chi connectivity index (χ3n) is 2.02. The molecular formula is C10H9N5O4. The smallest absolute Gasteiger partial charge is 0.280 e. The summed E-state index contributed by atoms with van der Waals surface area (Å²) >= 11 is 0. The minimum Gasteiger partial charge on any atom is -0.495 e. The second-order valence-corrected chi connectivity index (χ2v) is 3.19. The Morgan fingerprint density at radius 2 is 2.32 bits per heavy atom. The Morgan fingerprint density at radius 1 is 1.63 bits per heavy atom. The van der Waals surface area contributed by atoms with Crippen molar-refractivity contribution in [1.82, 2.24) is 0 Å². The highest BCUT2D eigenvalue weighted by atomic mass is 16.6. The second-order valence-electron chi connectivity index (χ2n) is 3.19. The van der Waals surface area contributed by atoms with Gasteiger partial charge in [-0.1, -0.05) is 0 Å². The highest BCUT2D eigenvalue weighted by molar-refractivity contribution is 6.44.